The second kappa shape index (κ2) is 12.5. The third-order valence-electron chi connectivity index (χ3n) is 5.74. The van der Waals surface area contributed by atoms with Crippen LogP contribution in [0.5, 0.6) is 0 Å². The highest BCUT2D eigenvalue weighted by molar-refractivity contribution is 5.84. The number of alkyl halides is 3. The Labute approximate surface area is 218 Å². The van der Waals surface area contributed by atoms with Crippen LogP contribution >= 0.6 is 0 Å². The van der Waals surface area contributed by atoms with E-state index in [1.807, 2.05) is 0 Å². The third kappa shape index (κ3) is 12.2. The minimum absolute atomic E-state index is 0.0554. The first-order valence-electron chi connectivity index (χ1n) is 12.3. The van der Waals surface area contributed by atoms with Gasteiger partial charge in [0.25, 0.3) is 0 Å². The fraction of sp³-hybridized carbons (Fsp3) is 0.846. The smallest absolute Gasteiger partial charge is 0.425 e. The molecule has 0 aromatic heterocycles. The Morgan fingerprint density at radius 2 is 1.35 bits per heavy atom. The Balaban J connectivity index is 5.96. The van der Waals surface area contributed by atoms with Crippen LogP contribution in [0.1, 0.15) is 95.4 Å². The molecule has 0 aliphatic heterocycles. The number of ether oxygens (including phenoxy) is 3. The number of esters is 3. The molecule has 216 valence electrons. The lowest BCUT2D eigenvalue weighted by atomic mass is 9.68. The quantitative estimate of drug-likeness (QED) is 0.287. The van der Waals surface area contributed by atoms with Crippen molar-refractivity contribution in [3.8, 4) is 0 Å². The summed E-state index contributed by atoms with van der Waals surface area (Å²) in [5.41, 5.74) is -3.95. The molecule has 37 heavy (non-hydrogen) atoms. The van der Waals surface area contributed by atoms with Crippen LogP contribution < -0.4 is 5.32 Å². The van der Waals surface area contributed by atoms with Gasteiger partial charge >= 0.3 is 24.1 Å². The zero-order chi connectivity index (χ0) is 29.6. The van der Waals surface area contributed by atoms with E-state index in [0.29, 0.717) is 13.3 Å². The maximum Gasteiger partial charge on any atom is 0.425 e. The number of hydrogen-bond acceptors (Lipinski definition) is 7. The van der Waals surface area contributed by atoms with Crippen molar-refractivity contribution in [3.05, 3.63) is 0 Å². The first kappa shape index (κ1) is 34.7. The monoisotopic (exact) mass is 539 g/mol. The number of amides is 1. The lowest BCUT2D eigenvalue weighted by Gasteiger charge is -2.38. The van der Waals surface area contributed by atoms with E-state index in [0.717, 1.165) is 0 Å². The van der Waals surface area contributed by atoms with E-state index in [4.69, 9.17) is 9.47 Å². The molecule has 4 unspecified atom stereocenters. The summed E-state index contributed by atoms with van der Waals surface area (Å²) in [7, 11) is 0. The van der Waals surface area contributed by atoms with Crippen molar-refractivity contribution >= 4 is 23.8 Å². The summed E-state index contributed by atoms with van der Waals surface area (Å²) >= 11 is 0. The van der Waals surface area contributed by atoms with E-state index in [9.17, 15) is 32.3 Å². The van der Waals surface area contributed by atoms with Gasteiger partial charge < -0.3 is 19.5 Å². The number of carbonyl (C=O) groups excluding carboxylic acids is 4. The fourth-order valence-corrected chi connectivity index (χ4v) is 3.69. The predicted octanol–water partition coefficient (Wildman–Crippen LogP) is 5.12. The number of carbonyl (C=O) groups is 4. The van der Waals surface area contributed by atoms with E-state index in [-0.39, 0.29) is 18.7 Å². The molecule has 1 N–H and O–H groups in total. The van der Waals surface area contributed by atoms with Gasteiger partial charge in [0.2, 0.25) is 5.91 Å². The largest absolute Gasteiger partial charge is 0.460 e. The molecule has 0 saturated carbocycles. The van der Waals surface area contributed by atoms with Crippen LogP contribution in [0.2, 0.25) is 0 Å². The van der Waals surface area contributed by atoms with Gasteiger partial charge in [-0.2, -0.15) is 13.2 Å². The minimum Gasteiger partial charge on any atom is -0.460 e. The van der Waals surface area contributed by atoms with E-state index >= 15 is 0 Å². The average molecular weight is 540 g/mol. The maximum absolute atomic E-state index is 13.3. The van der Waals surface area contributed by atoms with E-state index < -0.39 is 64.7 Å². The van der Waals surface area contributed by atoms with Gasteiger partial charge in [-0.05, 0) is 81.6 Å². The molecule has 0 radical (unpaired) electrons. The summed E-state index contributed by atoms with van der Waals surface area (Å²) in [5.74, 6) is -3.90. The average Bonchev–Trinajstić information content (AvgIpc) is 2.68. The molecular weight excluding hydrogens is 495 g/mol. The van der Waals surface area contributed by atoms with E-state index in [1.165, 1.54) is 6.92 Å². The molecule has 1 amide bonds. The molecule has 0 aliphatic carbocycles. The highest BCUT2D eigenvalue weighted by Gasteiger charge is 2.48. The molecular formula is C26H44F3NO7. The Hall–Kier alpha value is -2.33. The zero-order valence-electron chi connectivity index (χ0n) is 24.0. The predicted molar refractivity (Wildman–Crippen MR) is 131 cm³/mol. The van der Waals surface area contributed by atoms with Crippen molar-refractivity contribution < 1.29 is 46.6 Å². The van der Waals surface area contributed by atoms with Gasteiger partial charge in [0, 0.05) is 11.5 Å². The van der Waals surface area contributed by atoms with Crippen molar-refractivity contribution in [2.45, 2.75) is 119 Å². The van der Waals surface area contributed by atoms with Crippen LogP contribution in [0.15, 0.2) is 0 Å². The summed E-state index contributed by atoms with van der Waals surface area (Å²) in [5, 5.41) is 2.83. The number of hydrogen-bond donors (Lipinski definition) is 1. The lowest BCUT2D eigenvalue weighted by Crippen LogP contribution is -2.47. The van der Waals surface area contributed by atoms with Gasteiger partial charge in [-0.25, -0.2) is 4.79 Å². The van der Waals surface area contributed by atoms with Crippen molar-refractivity contribution in [2.75, 3.05) is 6.61 Å². The summed E-state index contributed by atoms with van der Waals surface area (Å²) in [6, 6.07) is 0. The molecule has 0 aromatic carbocycles. The highest BCUT2D eigenvalue weighted by atomic mass is 19.4. The maximum atomic E-state index is 13.3. The van der Waals surface area contributed by atoms with Gasteiger partial charge in [0.1, 0.15) is 5.60 Å². The first-order valence-corrected chi connectivity index (χ1v) is 12.3. The zero-order valence-corrected chi connectivity index (χ0v) is 24.0. The number of halogens is 3. The SMILES string of the molecule is CCC(C)(CC(C)(CC(C)C(=O)NC(C)(C)C)C(=O)OCC(=O)OC(C)C(F)(F)F)C(=O)OC(C)(C)C. The highest BCUT2D eigenvalue weighted by Crippen LogP contribution is 2.43. The first-order chi connectivity index (χ1) is 16.3. The number of nitrogens with one attached hydrogen (secondary N) is 1. The van der Waals surface area contributed by atoms with Crippen LogP contribution in [-0.4, -0.2) is 53.8 Å². The summed E-state index contributed by atoms with van der Waals surface area (Å²) in [6.07, 6.45) is -6.99. The van der Waals surface area contributed by atoms with Gasteiger partial charge in [-0.1, -0.05) is 13.8 Å². The van der Waals surface area contributed by atoms with Crippen LogP contribution in [0.3, 0.4) is 0 Å². The van der Waals surface area contributed by atoms with Crippen molar-refractivity contribution in [2.24, 2.45) is 16.7 Å². The molecule has 0 fully saturated rings. The Morgan fingerprint density at radius 1 is 0.838 bits per heavy atom. The third-order valence-corrected chi connectivity index (χ3v) is 5.74. The molecule has 8 nitrogen and oxygen atoms in total. The van der Waals surface area contributed by atoms with E-state index in [2.05, 4.69) is 10.1 Å². The molecule has 0 aromatic rings. The second-order valence-electron chi connectivity index (χ2n) is 12.2. The second-order valence-corrected chi connectivity index (χ2v) is 12.2. The van der Waals surface area contributed by atoms with E-state index in [1.54, 1.807) is 62.3 Å². The molecule has 0 saturated heterocycles. The molecule has 0 aliphatic rings. The van der Waals surface area contributed by atoms with Crippen molar-refractivity contribution in [3.63, 3.8) is 0 Å². The number of rotatable bonds is 11. The van der Waals surface area contributed by atoms with Crippen molar-refractivity contribution in [1.82, 2.24) is 5.32 Å². The Kier molecular flexibility index (Phi) is 11.7. The molecule has 0 bridgehead atoms. The van der Waals surface area contributed by atoms with Crippen LogP contribution in [0.4, 0.5) is 13.2 Å². The molecule has 0 heterocycles. The Morgan fingerprint density at radius 3 is 1.76 bits per heavy atom. The van der Waals surface area contributed by atoms with Gasteiger partial charge in [0.05, 0.1) is 10.8 Å². The standard InChI is InChI=1S/C26H44F3NO7/c1-12-24(10,21(34)37-23(7,8)9)15-25(11,13-16(2)19(32)30-22(4,5)6)20(33)35-14-18(31)36-17(3)26(27,28)29/h16-17H,12-15H2,1-11H3,(H,30,32). The summed E-state index contributed by atoms with van der Waals surface area (Å²) in [6.45, 7) is 16.6. The molecule has 0 rings (SSSR count). The summed E-state index contributed by atoms with van der Waals surface area (Å²) in [4.78, 5) is 51.0. The van der Waals surface area contributed by atoms with Crippen LogP contribution in [0, 0.1) is 16.7 Å². The normalized spacial score (nSPS) is 17.5. The molecule has 11 heteroatoms. The van der Waals surface area contributed by atoms with Crippen LogP contribution in [0.25, 0.3) is 0 Å². The topological polar surface area (TPSA) is 108 Å². The van der Waals surface area contributed by atoms with Gasteiger partial charge in [-0.3, -0.25) is 14.4 Å². The fourth-order valence-electron chi connectivity index (χ4n) is 3.69. The molecule has 4 atom stereocenters. The van der Waals surface area contributed by atoms with Gasteiger partial charge in [-0.15, -0.1) is 0 Å². The minimum atomic E-state index is -4.76. The lowest BCUT2D eigenvalue weighted by molar-refractivity contribution is -0.218. The van der Waals surface area contributed by atoms with Crippen LogP contribution in [-0.2, 0) is 33.4 Å². The van der Waals surface area contributed by atoms with Crippen molar-refractivity contribution in [1.29, 1.82) is 0 Å². The molecule has 0 spiro atoms. The Bertz CT molecular complexity index is 829. The van der Waals surface area contributed by atoms with Gasteiger partial charge in [0.15, 0.2) is 12.7 Å². The summed E-state index contributed by atoms with van der Waals surface area (Å²) < 4.78 is 53.0.